The number of rotatable bonds is 6. The lowest BCUT2D eigenvalue weighted by Crippen LogP contribution is -2.37. The molecule has 0 aliphatic heterocycles. The second-order valence-corrected chi connectivity index (χ2v) is 7.20. The summed E-state index contributed by atoms with van der Waals surface area (Å²) in [4.78, 5) is 24.7. The Bertz CT molecular complexity index is 886. The Morgan fingerprint density at radius 2 is 1.96 bits per heavy atom. The van der Waals surface area contributed by atoms with Crippen molar-refractivity contribution in [3.8, 4) is 11.4 Å². The van der Waals surface area contributed by atoms with E-state index in [1.165, 1.54) is 0 Å². The van der Waals surface area contributed by atoms with Crippen molar-refractivity contribution in [3.63, 3.8) is 0 Å². The highest BCUT2D eigenvalue weighted by atomic mass is 35.5. The highest BCUT2D eigenvalue weighted by Crippen LogP contribution is 2.31. The van der Waals surface area contributed by atoms with E-state index in [4.69, 9.17) is 21.1 Å². The highest BCUT2D eigenvalue weighted by molar-refractivity contribution is 6.30. The summed E-state index contributed by atoms with van der Waals surface area (Å²) in [6.45, 7) is 5.28. The van der Waals surface area contributed by atoms with Crippen molar-refractivity contribution in [2.45, 2.75) is 45.8 Å². The van der Waals surface area contributed by atoms with Crippen molar-refractivity contribution in [1.29, 1.82) is 0 Å². The van der Waals surface area contributed by atoms with Crippen LogP contribution in [0.3, 0.4) is 0 Å². The summed E-state index contributed by atoms with van der Waals surface area (Å²) in [5, 5.41) is 3.40. The van der Waals surface area contributed by atoms with Gasteiger partial charge in [0.2, 0.25) is 0 Å². The van der Waals surface area contributed by atoms with Gasteiger partial charge in [0.05, 0.1) is 18.4 Å². The van der Waals surface area contributed by atoms with E-state index in [2.05, 4.69) is 5.32 Å². The molecule has 1 heterocycles. The van der Waals surface area contributed by atoms with E-state index in [9.17, 15) is 9.59 Å². The predicted octanol–water partition coefficient (Wildman–Crippen LogP) is 3.58. The lowest BCUT2D eigenvalue weighted by atomic mass is 10.2. The molecule has 1 aromatic carbocycles. The van der Waals surface area contributed by atoms with Crippen LogP contribution in [0.4, 0.5) is 0 Å². The Kier molecular flexibility index (Phi) is 5.46. The van der Waals surface area contributed by atoms with E-state index >= 15 is 0 Å². The fraction of sp³-hybridized carbons (Fsp3) is 0.400. The summed E-state index contributed by atoms with van der Waals surface area (Å²) in [6, 6.07) is 7.26. The zero-order chi connectivity index (χ0) is 19.7. The first-order valence-electron chi connectivity index (χ1n) is 8.86. The predicted molar refractivity (Wildman–Crippen MR) is 103 cm³/mol. The lowest BCUT2D eigenvalue weighted by Gasteiger charge is -2.15. The number of aryl methyl sites for hydroxylation is 1. The molecule has 0 radical (unpaired) electrons. The quantitative estimate of drug-likeness (QED) is 0.765. The molecular weight excluding hydrogens is 368 g/mol. The average Bonchev–Trinajstić information content (AvgIpc) is 3.38. The minimum Gasteiger partial charge on any atom is -0.495 e. The van der Waals surface area contributed by atoms with Crippen molar-refractivity contribution in [1.82, 2.24) is 9.88 Å². The zero-order valence-corrected chi connectivity index (χ0v) is 16.6. The molecule has 0 unspecified atom stereocenters. The molecule has 1 fully saturated rings. The number of carbonyl (C=O) groups excluding carboxylic acids is 2. The minimum atomic E-state index is -0.845. The number of nitrogens with zero attached hydrogens (tertiary/aromatic N) is 1. The maximum Gasteiger partial charge on any atom is 0.340 e. The number of hydrogen-bond donors (Lipinski definition) is 1. The average molecular weight is 391 g/mol. The number of hydrogen-bond acceptors (Lipinski definition) is 4. The van der Waals surface area contributed by atoms with Crippen LogP contribution in [-0.4, -0.2) is 35.7 Å². The van der Waals surface area contributed by atoms with Crippen LogP contribution in [0, 0.1) is 13.8 Å². The van der Waals surface area contributed by atoms with Crippen molar-refractivity contribution < 1.29 is 19.1 Å². The number of amides is 1. The first-order valence-corrected chi connectivity index (χ1v) is 9.23. The fourth-order valence-electron chi connectivity index (χ4n) is 3.00. The Morgan fingerprint density at radius 1 is 1.26 bits per heavy atom. The van der Waals surface area contributed by atoms with E-state index < -0.39 is 12.1 Å². The third kappa shape index (κ3) is 4.11. The number of halogens is 1. The molecule has 27 heavy (non-hydrogen) atoms. The Labute approximate surface area is 163 Å². The van der Waals surface area contributed by atoms with Crippen molar-refractivity contribution >= 4 is 23.5 Å². The van der Waals surface area contributed by atoms with Gasteiger partial charge in [0.25, 0.3) is 5.91 Å². The maximum absolute atomic E-state index is 12.6. The molecule has 1 N–H and O–H groups in total. The minimum absolute atomic E-state index is 0.221. The van der Waals surface area contributed by atoms with Gasteiger partial charge in [-0.25, -0.2) is 4.79 Å². The number of ether oxygens (including phenoxy) is 2. The van der Waals surface area contributed by atoms with Gasteiger partial charge in [0.15, 0.2) is 6.10 Å². The van der Waals surface area contributed by atoms with Gasteiger partial charge in [-0.05, 0) is 57.9 Å². The van der Waals surface area contributed by atoms with Gasteiger partial charge in [0, 0.05) is 22.5 Å². The van der Waals surface area contributed by atoms with Gasteiger partial charge in [-0.2, -0.15) is 0 Å². The maximum atomic E-state index is 12.6. The molecule has 7 heteroatoms. The summed E-state index contributed by atoms with van der Waals surface area (Å²) >= 11 is 6.14. The molecule has 0 spiro atoms. The molecule has 1 aliphatic rings. The fourth-order valence-corrected chi connectivity index (χ4v) is 3.17. The third-order valence-corrected chi connectivity index (χ3v) is 4.84. The van der Waals surface area contributed by atoms with Crippen molar-refractivity contribution in [2.24, 2.45) is 0 Å². The molecule has 144 valence electrons. The van der Waals surface area contributed by atoms with Crippen LogP contribution in [0.25, 0.3) is 5.69 Å². The first-order chi connectivity index (χ1) is 12.8. The van der Waals surface area contributed by atoms with Gasteiger partial charge in [-0.3, -0.25) is 4.79 Å². The molecule has 0 bridgehead atoms. The van der Waals surface area contributed by atoms with E-state index in [1.54, 1.807) is 38.3 Å². The van der Waals surface area contributed by atoms with Crippen LogP contribution < -0.4 is 10.1 Å². The van der Waals surface area contributed by atoms with Gasteiger partial charge in [0.1, 0.15) is 5.75 Å². The molecule has 1 aromatic heterocycles. The van der Waals surface area contributed by atoms with Crippen LogP contribution >= 0.6 is 11.6 Å². The van der Waals surface area contributed by atoms with Crippen LogP contribution in [0.1, 0.15) is 41.5 Å². The SMILES string of the molecule is COc1ccc(Cl)cc1-n1c(C)cc(C(=O)O[C@@H](C)C(=O)NC2CC2)c1C. The van der Waals surface area contributed by atoms with Crippen LogP contribution in [0.5, 0.6) is 5.75 Å². The lowest BCUT2D eigenvalue weighted by molar-refractivity contribution is -0.129. The number of nitrogens with one attached hydrogen (secondary N) is 1. The monoisotopic (exact) mass is 390 g/mol. The van der Waals surface area contributed by atoms with E-state index in [1.807, 2.05) is 18.4 Å². The second kappa shape index (κ2) is 7.64. The van der Waals surface area contributed by atoms with Crippen molar-refractivity contribution in [3.05, 3.63) is 46.2 Å². The molecule has 1 aliphatic carbocycles. The second-order valence-electron chi connectivity index (χ2n) is 6.77. The number of carbonyl (C=O) groups is 2. The molecule has 2 aromatic rings. The van der Waals surface area contributed by atoms with Crippen molar-refractivity contribution in [2.75, 3.05) is 7.11 Å². The highest BCUT2D eigenvalue weighted by Gasteiger charge is 2.28. The van der Waals surface area contributed by atoms with E-state index in [0.29, 0.717) is 22.0 Å². The van der Waals surface area contributed by atoms with Gasteiger partial charge in [-0.1, -0.05) is 11.6 Å². The molecule has 1 atom stereocenters. The Balaban J connectivity index is 1.86. The summed E-state index contributed by atoms with van der Waals surface area (Å²) in [7, 11) is 1.58. The largest absolute Gasteiger partial charge is 0.495 e. The Hall–Kier alpha value is -2.47. The summed E-state index contributed by atoms with van der Waals surface area (Å²) < 4.78 is 12.7. The molecule has 0 saturated heterocycles. The van der Waals surface area contributed by atoms with Crippen LogP contribution in [-0.2, 0) is 9.53 Å². The van der Waals surface area contributed by atoms with Crippen LogP contribution in [0.15, 0.2) is 24.3 Å². The van der Waals surface area contributed by atoms with Gasteiger partial charge >= 0.3 is 5.97 Å². The van der Waals surface area contributed by atoms with Gasteiger partial charge in [-0.15, -0.1) is 0 Å². The normalized spacial score (nSPS) is 14.6. The number of aromatic nitrogens is 1. The van der Waals surface area contributed by atoms with Crippen LogP contribution in [0.2, 0.25) is 5.02 Å². The number of benzene rings is 1. The van der Waals surface area contributed by atoms with Gasteiger partial charge < -0.3 is 19.4 Å². The third-order valence-electron chi connectivity index (χ3n) is 4.61. The standard InChI is InChI=1S/C20H23ClN2O4/c1-11-9-16(20(25)27-13(3)19(24)22-15-6-7-15)12(2)23(11)17-10-14(21)5-8-18(17)26-4/h5,8-10,13,15H,6-7H2,1-4H3,(H,22,24)/t13-/m0/s1. The van der Waals surface area contributed by atoms with E-state index in [0.717, 1.165) is 24.2 Å². The zero-order valence-electron chi connectivity index (χ0n) is 15.8. The molecule has 3 rings (SSSR count). The van der Waals surface area contributed by atoms with E-state index in [-0.39, 0.29) is 11.9 Å². The Morgan fingerprint density at radius 3 is 2.59 bits per heavy atom. The number of esters is 1. The molecule has 1 amide bonds. The first kappa shape index (κ1) is 19.3. The summed E-state index contributed by atoms with van der Waals surface area (Å²) in [6.07, 6.45) is 1.12. The molecule has 1 saturated carbocycles. The topological polar surface area (TPSA) is 69.6 Å². The summed E-state index contributed by atoms with van der Waals surface area (Å²) in [5.74, 6) is -0.164. The molecule has 6 nitrogen and oxygen atoms in total. The smallest absolute Gasteiger partial charge is 0.340 e. The molecular formula is C20H23ClN2O4. The number of methoxy groups -OCH3 is 1. The summed E-state index contributed by atoms with van der Waals surface area (Å²) in [5.41, 5.74) is 2.65.